The minimum atomic E-state index is -0.606. The lowest BCUT2D eigenvalue weighted by molar-refractivity contribution is -0.119. The van der Waals surface area contributed by atoms with E-state index in [4.69, 9.17) is 33.7 Å². The van der Waals surface area contributed by atoms with Crippen molar-refractivity contribution in [2.75, 3.05) is 5.32 Å². The Balaban J connectivity index is 2.04. The summed E-state index contributed by atoms with van der Waals surface area (Å²) in [6.45, 7) is 5.74. The quantitative estimate of drug-likeness (QED) is 0.834. The van der Waals surface area contributed by atoms with E-state index in [2.05, 4.69) is 10.3 Å². The molecule has 1 aromatic carbocycles. The van der Waals surface area contributed by atoms with Gasteiger partial charge in [0.05, 0.1) is 11.1 Å². The first-order chi connectivity index (χ1) is 11.2. The molecule has 7 heteroatoms. The number of nitrogens with zero attached hydrogens (tertiary/aromatic N) is 1. The van der Waals surface area contributed by atoms with Crippen LogP contribution in [0.25, 0.3) is 0 Å². The predicted molar refractivity (Wildman–Crippen MR) is 96.8 cm³/mol. The Morgan fingerprint density at radius 3 is 2.42 bits per heavy atom. The van der Waals surface area contributed by atoms with Crippen molar-refractivity contribution in [1.82, 2.24) is 4.98 Å². The standard InChI is InChI=1S/C17H19Cl2N3O2/c1-17(2,3)14(20)15(23)22-11-4-6-12(7-5-11)24-16-13(19)8-10(18)9-21-16/h4-9,14H,20H2,1-3H3,(H,22,23)/t14-/m1/s1. The lowest BCUT2D eigenvalue weighted by Gasteiger charge is -2.25. The zero-order valence-corrected chi connectivity index (χ0v) is 15.2. The molecule has 0 radical (unpaired) electrons. The molecule has 0 aliphatic rings. The Morgan fingerprint density at radius 1 is 1.25 bits per heavy atom. The van der Waals surface area contributed by atoms with E-state index in [1.54, 1.807) is 30.3 Å². The molecule has 0 aliphatic heterocycles. The van der Waals surface area contributed by atoms with Gasteiger partial charge in [0, 0.05) is 11.9 Å². The van der Waals surface area contributed by atoms with E-state index >= 15 is 0 Å². The van der Waals surface area contributed by atoms with Crippen LogP contribution in [0.15, 0.2) is 36.5 Å². The van der Waals surface area contributed by atoms with Crippen molar-refractivity contribution in [2.45, 2.75) is 26.8 Å². The predicted octanol–water partition coefficient (Wildman–Crippen LogP) is 4.49. The third-order valence-corrected chi connectivity index (χ3v) is 3.80. The van der Waals surface area contributed by atoms with E-state index < -0.39 is 6.04 Å². The summed E-state index contributed by atoms with van der Waals surface area (Å²) in [5.74, 6) is 0.552. The summed E-state index contributed by atoms with van der Waals surface area (Å²) in [6.07, 6.45) is 1.45. The van der Waals surface area contributed by atoms with Gasteiger partial charge in [-0.05, 0) is 35.7 Å². The Morgan fingerprint density at radius 2 is 1.88 bits per heavy atom. The van der Waals surface area contributed by atoms with Gasteiger partial charge in [0.25, 0.3) is 0 Å². The molecular weight excluding hydrogens is 349 g/mol. The minimum Gasteiger partial charge on any atom is -0.438 e. The van der Waals surface area contributed by atoms with E-state index in [0.717, 1.165) is 0 Å². The fourth-order valence-corrected chi connectivity index (χ4v) is 2.23. The molecule has 1 amide bonds. The summed E-state index contributed by atoms with van der Waals surface area (Å²) in [6, 6.07) is 7.77. The molecule has 5 nitrogen and oxygen atoms in total. The van der Waals surface area contributed by atoms with E-state index in [1.807, 2.05) is 20.8 Å². The van der Waals surface area contributed by atoms with Crippen molar-refractivity contribution in [3.05, 3.63) is 46.6 Å². The van der Waals surface area contributed by atoms with Crippen LogP contribution in [0.3, 0.4) is 0 Å². The average Bonchev–Trinajstić information content (AvgIpc) is 2.50. The summed E-state index contributed by atoms with van der Waals surface area (Å²) in [5.41, 5.74) is 6.24. The van der Waals surface area contributed by atoms with Gasteiger partial charge in [-0.25, -0.2) is 4.98 Å². The van der Waals surface area contributed by atoms with Crippen LogP contribution in [-0.2, 0) is 4.79 Å². The van der Waals surface area contributed by atoms with Gasteiger partial charge in [0.2, 0.25) is 11.8 Å². The molecule has 1 heterocycles. The van der Waals surface area contributed by atoms with Gasteiger partial charge in [-0.3, -0.25) is 4.79 Å². The number of aromatic nitrogens is 1. The molecule has 2 rings (SSSR count). The van der Waals surface area contributed by atoms with Gasteiger partial charge in [-0.1, -0.05) is 44.0 Å². The second-order valence-corrected chi connectivity index (χ2v) is 7.24. The maximum atomic E-state index is 12.1. The SMILES string of the molecule is CC(C)(C)[C@H](N)C(=O)Nc1ccc(Oc2ncc(Cl)cc2Cl)cc1. The van der Waals surface area contributed by atoms with Gasteiger partial charge in [0.15, 0.2) is 0 Å². The number of nitrogens with two attached hydrogens (primary N) is 1. The molecule has 0 saturated carbocycles. The Bertz CT molecular complexity index is 728. The fourth-order valence-electron chi connectivity index (χ4n) is 1.81. The van der Waals surface area contributed by atoms with Crippen LogP contribution < -0.4 is 15.8 Å². The number of anilines is 1. The van der Waals surface area contributed by atoms with E-state index in [-0.39, 0.29) is 17.2 Å². The van der Waals surface area contributed by atoms with Crippen molar-refractivity contribution in [3.63, 3.8) is 0 Å². The number of nitrogens with one attached hydrogen (secondary N) is 1. The van der Waals surface area contributed by atoms with Crippen molar-refractivity contribution >= 4 is 34.8 Å². The van der Waals surface area contributed by atoms with Crippen molar-refractivity contribution < 1.29 is 9.53 Å². The second-order valence-electron chi connectivity index (χ2n) is 6.40. The third-order valence-electron chi connectivity index (χ3n) is 3.33. The van der Waals surface area contributed by atoms with Crippen LogP contribution in [0.4, 0.5) is 5.69 Å². The number of pyridine rings is 1. The lowest BCUT2D eigenvalue weighted by atomic mass is 9.87. The summed E-state index contributed by atoms with van der Waals surface area (Å²) < 4.78 is 5.59. The summed E-state index contributed by atoms with van der Waals surface area (Å²) in [4.78, 5) is 16.1. The summed E-state index contributed by atoms with van der Waals surface area (Å²) in [7, 11) is 0. The first-order valence-corrected chi connectivity index (χ1v) is 8.08. The van der Waals surface area contributed by atoms with Crippen LogP contribution in [0, 0.1) is 5.41 Å². The number of rotatable bonds is 4. The number of hydrogen-bond acceptors (Lipinski definition) is 4. The average molecular weight is 368 g/mol. The molecule has 1 atom stereocenters. The van der Waals surface area contributed by atoms with Gasteiger partial charge < -0.3 is 15.8 Å². The van der Waals surface area contributed by atoms with Crippen molar-refractivity contribution in [3.8, 4) is 11.6 Å². The molecule has 128 valence electrons. The molecular formula is C17H19Cl2N3O2. The summed E-state index contributed by atoms with van der Waals surface area (Å²) in [5, 5.41) is 3.53. The second kappa shape index (κ2) is 7.38. The molecule has 2 aromatic rings. The molecule has 3 N–H and O–H groups in total. The Kier molecular flexibility index (Phi) is 5.70. The molecule has 24 heavy (non-hydrogen) atoms. The van der Waals surface area contributed by atoms with Crippen molar-refractivity contribution in [2.24, 2.45) is 11.1 Å². The molecule has 0 spiro atoms. The monoisotopic (exact) mass is 367 g/mol. The zero-order chi connectivity index (χ0) is 17.9. The number of hydrogen-bond donors (Lipinski definition) is 2. The molecule has 0 bridgehead atoms. The lowest BCUT2D eigenvalue weighted by Crippen LogP contribution is -2.45. The smallest absolute Gasteiger partial charge is 0.241 e. The fraction of sp³-hybridized carbons (Fsp3) is 0.294. The number of carbonyl (C=O) groups excluding carboxylic acids is 1. The highest BCUT2D eigenvalue weighted by Crippen LogP contribution is 2.29. The maximum Gasteiger partial charge on any atom is 0.241 e. The number of ether oxygens (including phenoxy) is 1. The number of amides is 1. The zero-order valence-electron chi connectivity index (χ0n) is 13.6. The molecule has 1 aromatic heterocycles. The van der Waals surface area contributed by atoms with E-state index in [0.29, 0.717) is 21.5 Å². The number of benzene rings is 1. The Labute approximate surface area is 151 Å². The van der Waals surface area contributed by atoms with Gasteiger partial charge in [-0.15, -0.1) is 0 Å². The number of halogens is 2. The molecule has 0 aliphatic carbocycles. The first kappa shape index (κ1) is 18.5. The van der Waals surface area contributed by atoms with Crippen LogP contribution in [-0.4, -0.2) is 16.9 Å². The van der Waals surface area contributed by atoms with Gasteiger partial charge >= 0.3 is 0 Å². The molecule has 0 fully saturated rings. The van der Waals surface area contributed by atoms with Gasteiger partial charge in [0.1, 0.15) is 10.8 Å². The van der Waals surface area contributed by atoms with Gasteiger partial charge in [-0.2, -0.15) is 0 Å². The number of carbonyl (C=O) groups is 1. The summed E-state index contributed by atoms with van der Waals surface area (Å²) >= 11 is 11.8. The van der Waals surface area contributed by atoms with Crippen LogP contribution in [0.1, 0.15) is 20.8 Å². The van der Waals surface area contributed by atoms with Crippen LogP contribution in [0.5, 0.6) is 11.6 Å². The Hall–Kier alpha value is -1.82. The third kappa shape index (κ3) is 4.84. The topological polar surface area (TPSA) is 77.2 Å². The van der Waals surface area contributed by atoms with Crippen molar-refractivity contribution in [1.29, 1.82) is 0 Å². The maximum absolute atomic E-state index is 12.1. The highest BCUT2D eigenvalue weighted by Gasteiger charge is 2.27. The molecule has 0 unspecified atom stereocenters. The minimum absolute atomic E-state index is 0.237. The highest BCUT2D eigenvalue weighted by atomic mass is 35.5. The largest absolute Gasteiger partial charge is 0.438 e. The first-order valence-electron chi connectivity index (χ1n) is 7.32. The van der Waals surface area contributed by atoms with E-state index in [9.17, 15) is 4.79 Å². The molecule has 0 saturated heterocycles. The van der Waals surface area contributed by atoms with Crippen LogP contribution >= 0.6 is 23.2 Å². The van der Waals surface area contributed by atoms with Crippen LogP contribution in [0.2, 0.25) is 10.0 Å². The normalized spacial score (nSPS) is 12.6. The van der Waals surface area contributed by atoms with E-state index in [1.165, 1.54) is 6.20 Å². The highest BCUT2D eigenvalue weighted by molar-refractivity contribution is 6.35.